The summed E-state index contributed by atoms with van der Waals surface area (Å²) < 4.78 is 6.06. The van der Waals surface area contributed by atoms with Crippen molar-refractivity contribution in [2.75, 3.05) is 7.11 Å². The number of nitrogens with zero attached hydrogens (tertiary/aromatic N) is 3. The number of pyridine rings is 1. The van der Waals surface area contributed by atoms with Crippen molar-refractivity contribution in [3.63, 3.8) is 0 Å². The van der Waals surface area contributed by atoms with Crippen LogP contribution in [0.25, 0.3) is 5.69 Å². The summed E-state index contributed by atoms with van der Waals surface area (Å²) in [5.74, 6) is 0.256. The van der Waals surface area contributed by atoms with Gasteiger partial charge in [-0.15, -0.1) is 0 Å². The first-order valence-electron chi connectivity index (χ1n) is 4.46. The zero-order chi connectivity index (χ0) is 11.5. The minimum atomic E-state index is -0.436. The Morgan fingerprint density at radius 1 is 1.44 bits per heavy atom. The molecule has 82 valence electrons. The van der Waals surface area contributed by atoms with E-state index < -0.39 is 5.56 Å². The number of hydrogen-bond donors (Lipinski definition) is 0. The van der Waals surface area contributed by atoms with Crippen molar-refractivity contribution >= 4 is 11.6 Å². The van der Waals surface area contributed by atoms with Crippen LogP contribution in [0.1, 0.15) is 0 Å². The predicted octanol–water partition coefficient (Wildman–Crippen LogP) is 1.29. The molecule has 2 aromatic rings. The number of aromatic nitrogens is 3. The van der Waals surface area contributed by atoms with Gasteiger partial charge in [0.2, 0.25) is 0 Å². The molecule has 0 fully saturated rings. The molecular formula is C10H8ClN3O2. The van der Waals surface area contributed by atoms with Crippen molar-refractivity contribution in [2.45, 2.75) is 0 Å². The van der Waals surface area contributed by atoms with Gasteiger partial charge in [0.05, 0.1) is 25.2 Å². The molecule has 0 bridgehead atoms. The fourth-order valence-corrected chi connectivity index (χ4v) is 1.43. The molecule has 0 aliphatic heterocycles. The second-order valence-corrected chi connectivity index (χ2v) is 3.33. The SMILES string of the molecule is COc1cnn(-c2cccnc2)c(=O)c1Cl. The second kappa shape index (κ2) is 4.32. The van der Waals surface area contributed by atoms with E-state index in [1.807, 2.05) is 0 Å². The first-order valence-corrected chi connectivity index (χ1v) is 4.84. The van der Waals surface area contributed by atoms with Crippen LogP contribution in [-0.4, -0.2) is 21.9 Å². The molecule has 0 spiro atoms. The van der Waals surface area contributed by atoms with Gasteiger partial charge in [0.15, 0.2) is 10.8 Å². The van der Waals surface area contributed by atoms with Crippen molar-refractivity contribution in [3.05, 3.63) is 46.1 Å². The molecule has 2 aromatic heterocycles. The fraction of sp³-hybridized carbons (Fsp3) is 0.100. The van der Waals surface area contributed by atoms with Gasteiger partial charge in [-0.2, -0.15) is 9.78 Å². The maximum Gasteiger partial charge on any atom is 0.294 e. The molecule has 16 heavy (non-hydrogen) atoms. The summed E-state index contributed by atoms with van der Waals surface area (Å²) >= 11 is 5.83. The summed E-state index contributed by atoms with van der Waals surface area (Å²) in [6.07, 6.45) is 4.52. The lowest BCUT2D eigenvalue weighted by molar-refractivity contribution is 0.409. The van der Waals surface area contributed by atoms with Gasteiger partial charge in [0.1, 0.15) is 0 Å². The Kier molecular flexibility index (Phi) is 2.87. The van der Waals surface area contributed by atoms with Gasteiger partial charge in [-0.25, -0.2) is 0 Å². The maximum absolute atomic E-state index is 11.8. The molecule has 6 heteroatoms. The predicted molar refractivity (Wildman–Crippen MR) is 59.2 cm³/mol. The first-order chi connectivity index (χ1) is 7.74. The van der Waals surface area contributed by atoms with E-state index in [9.17, 15) is 4.79 Å². The van der Waals surface area contributed by atoms with Gasteiger partial charge in [-0.05, 0) is 12.1 Å². The monoisotopic (exact) mass is 237 g/mol. The minimum absolute atomic E-state index is 0.00125. The quantitative estimate of drug-likeness (QED) is 0.790. The molecule has 0 saturated heterocycles. The van der Waals surface area contributed by atoms with Crippen molar-refractivity contribution in [1.29, 1.82) is 0 Å². The summed E-state index contributed by atoms with van der Waals surface area (Å²) in [6, 6.07) is 3.42. The van der Waals surface area contributed by atoms with Gasteiger partial charge in [-0.1, -0.05) is 11.6 Å². The standard InChI is InChI=1S/C10H8ClN3O2/c1-16-8-6-13-14(10(15)9(8)11)7-3-2-4-12-5-7/h2-6H,1H3. The Bertz CT molecular complexity index is 554. The van der Waals surface area contributed by atoms with Gasteiger partial charge in [-0.3, -0.25) is 9.78 Å². The minimum Gasteiger partial charge on any atom is -0.493 e. The largest absolute Gasteiger partial charge is 0.493 e. The third-order valence-electron chi connectivity index (χ3n) is 2.00. The third kappa shape index (κ3) is 1.77. The van der Waals surface area contributed by atoms with Crippen molar-refractivity contribution in [1.82, 2.24) is 14.8 Å². The average Bonchev–Trinajstić information content (AvgIpc) is 2.34. The molecule has 0 saturated carbocycles. The molecule has 0 atom stereocenters. The van der Waals surface area contributed by atoms with Crippen LogP contribution in [0.3, 0.4) is 0 Å². The topological polar surface area (TPSA) is 57.0 Å². The van der Waals surface area contributed by atoms with E-state index in [0.29, 0.717) is 5.69 Å². The van der Waals surface area contributed by atoms with Gasteiger partial charge in [0.25, 0.3) is 5.56 Å². The van der Waals surface area contributed by atoms with Crippen LogP contribution < -0.4 is 10.3 Å². The van der Waals surface area contributed by atoms with E-state index in [0.717, 1.165) is 4.68 Å². The van der Waals surface area contributed by atoms with Crippen molar-refractivity contribution in [3.8, 4) is 11.4 Å². The smallest absolute Gasteiger partial charge is 0.294 e. The van der Waals surface area contributed by atoms with Crippen molar-refractivity contribution < 1.29 is 4.74 Å². The Balaban J connectivity index is 2.61. The lowest BCUT2D eigenvalue weighted by Gasteiger charge is -2.06. The molecule has 0 aliphatic rings. The van der Waals surface area contributed by atoms with E-state index in [4.69, 9.17) is 16.3 Å². The van der Waals surface area contributed by atoms with Crippen LogP contribution in [0.2, 0.25) is 5.02 Å². The van der Waals surface area contributed by atoms with Crippen molar-refractivity contribution in [2.24, 2.45) is 0 Å². The lowest BCUT2D eigenvalue weighted by Crippen LogP contribution is -2.21. The molecule has 2 heterocycles. The Morgan fingerprint density at radius 3 is 2.88 bits per heavy atom. The molecule has 2 rings (SSSR count). The van der Waals surface area contributed by atoms with Crippen LogP contribution >= 0.6 is 11.6 Å². The summed E-state index contributed by atoms with van der Waals surface area (Å²) in [6.45, 7) is 0. The van der Waals surface area contributed by atoms with Crippen LogP contribution in [-0.2, 0) is 0 Å². The third-order valence-corrected chi connectivity index (χ3v) is 2.35. The highest BCUT2D eigenvalue weighted by Gasteiger charge is 2.10. The lowest BCUT2D eigenvalue weighted by atomic mass is 10.4. The Hall–Kier alpha value is -1.88. The summed E-state index contributed by atoms with van der Waals surface area (Å²) in [4.78, 5) is 15.7. The van der Waals surface area contributed by atoms with E-state index in [2.05, 4.69) is 10.1 Å². The normalized spacial score (nSPS) is 10.1. The Labute approximate surface area is 96.3 Å². The molecule has 0 amide bonds. The highest BCUT2D eigenvalue weighted by Crippen LogP contribution is 2.17. The van der Waals surface area contributed by atoms with Crippen LogP contribution in [0.4, 0.5) is 0 Å². The molecule has 0 unspecified atom stereocenters. The van der Waals surface area contributed by atoms with Crippen LogP contribution in [0.5, 0.6) is 5.75 Å². The van der Waals surface area contributed by atoms with Gasteiger partial charge in [0, 0.05) is 6.20 Å². The molecule has 0 radical (unpaired) electrons. The molecule has 0 aliphatic carbocycles. The average molecular weight is 238 g/mol. The van der Waals surface area contributed by atoms with Gasteiger partial charge >= 0.3 is 0 Å². The molecule has 5 nitrogen and oxygen atoms in total. The molecular weight excluding hydrogens is 230 g/mol. The summed E-state index contributed by atoms with van der Waals surface area (Å²) in [7, 11) is 1.43. The number of hydrogen-bond acceptors (Lipinski definition) is 4. The number of rotatable bonds is 2. The first kappa shape index (κ1) is 10.6. The Morgan fingerprint density at radius 2 is 2.25 bits per heavy atom. The maximum atomic E-state index is 11.8. The van der Waals surface area contributed by atoms with E-state index in [1.54, 1.807) is 18.3 Å². The summed E-state index contributed by atoms with van der Waals surface area (Å²) in [5.41, 5.74) is 0.117. The number of halogens is 1. The van der Waals surface area contributed by atoms with Crippen LogP contribution in [0, 0.1) is 0 Å². The molecule has 0 N–H and O–H groups in total. The summed E-state index contributed by atoms with van der Waals surface area (Å²) in [5, 5.41) is 3.94. The fourth-order valence-electron chi connectivity index (χ4n) is 1.22. The second-order valence-electron chi connectivity index (χ2n) is 2.96. The zero-order valence-electron chi connectivity index (χ0n) is 8.42. The van der Waals surface area contributed by atoms with Crippen LogP contribution in [0.15, 0.2) is 35.5 Å². The zero-order valence-corrected chi connectivity index (χ0v) is 9.18. The molecule has 0 aromatic carbocycles. The highest BCUT2D eigenvalue weighted by atomic mass is 35.5. The number of methoxy groups -OCH3 is 1. The van der Waals surface area contributed by atoms with E-state index in [-0.39, 0.29) is 10.8 Å². The van der Waals surface area contributed by atoms with E-state index in [1.165, 1.54) is 19.5 Å². The number of ether oxygens (including phenoxy) is 1. The van der Waals surface area contributed by atoms with E-state index >= 15 is 0 Å². The highest BCUT2D eigenvalue weighted by molar-refractivity contribution is 6.31. The van der Waals surface area contributed by atoms with Gasteiger partial charge < -0.3 is 4.74 Å².